The Balaban J connectivity index is 0.00000125. The summed E-state index contributed by atoms with van der Waals surface area (Å²) >= 11 is 0. The Kier molecular flexibility index (Phi) is 45.7. The molecule has 3 aliphatic rings. The van der Waals surface area contributed by atoms with Gasteiger partial charge in [-0.1, -0.05) is 187 Å². The van der Waals surface area contributed by atoms with E-state index < -0.39 is 0 Å². The maximum Gasteiger partial charge on any atom is 0.224 e. The number of hydrogen-bond donors (Lipinski definition) is 0. The van der Waals surface area contributed by atoms with Crippen LogP contribution in [-0.2, 0) is 21.1 Å². The van der Waals surface area contributed by atoms with Crippen LogP contribution >= 0.6 is 0 Å². The molecule has 107 heavy (non-hydrogen) atoms. The Labute approximate surface area is 651 Å². The van der Waals surface area contributed by atoms with Crippen molar-refractivity contribution in [1.82, 2.24) is 49.0 Å². The van der Waals surface area contributed by atoms with E-state index in [2.05, 4.69) is 299 Å². The van der Waals surface area contributed by atoms with Crippen molar-refractivity contribution in [2.45, 2.75) is 247 Å². The topological polar surface area (TPSA) is 93.8 Å². The molecule has 0 aliphatic carbocycles. The summed E-state index contributed by atoms with van der Waals surface area (Å²) in [6.07, 6.45) is 25.0. The molecule has 3 unspecified atom stereocenters. The first-order valence-electron chi connectivity index (χ1n) is 40.1. The largest absolute Gasteiger partial charge is 0.359 e. The lowest BCUT2D eigenvalue weighted by Gasteiger charge is -2.28. The number of rotatable bonds is 4. The normalized spacial score (nSPS) is 13.6. The Morgan fingerprint density at radius 3 is 1.26 bits per heavy atom. The van der Waals surface area contributed by atoms with Crippen LogP contribution in [0.2, 0.25) is 0 Å². The highest BCUT2D eigenvalue weighted by Crippen LogP contribution is 2.38. The molecule has 588 valence electrons. The number of nitrogens with zero attached hydrogens (tertiary/aromatic N) is 15. The minimum atomic E-state index is 0.373. The van der Waals surface area contributed by atoms with Gasteiger partial charge in [0, 0.05) is 156 Å². The van der Waals surface area contributed by atoms with Gasteiger partial charge < -0.3 is 34.0 Å². The molecule has 14 rings (SSSR count). The highest BCUT2D eigenvalue weighted by atomic mass is 15.5. The van der Waals surface area contributed by atoms with Crippen LogP contribution in [0.4, 0.5) is 17.1 Å². The van der Waals surface area contributed by atoms with Crippen LogP contribution in [0.25, 0.3) is 54.7 Å². The first kappa shape index (κ1) is 97.5. The smallest absolute Gasteiger partial charge is 0.224 e. The molecule has 0 radical (unpaired) electrons. The fourth-order valence-corrected chi connectivity index (χ4v) is 12.4. The SMILES string of the molecule is CC.CC.CC.CC.CC.CC.CC.CC.CC.CC.Cc1c(C)c(C)c2c(c1C)c1cccc(C)c1[n+]1c2c(C)nn1C.Cc1cc2c(cc1-[n+]1ccnn1C)c1ccccc1n2C.Cc1ccccc1N1C=CN(C)C1C.Cc1ccncc1N1C=CN(C)C1C.Cc1cnccc1N1C=CN(C)C1C. The Bertz CT molecular complexity index is 4280. The van der Waals surface area contributed by atoms with E-state index in [1.165, 1.54) is 122 Å². The summed E-state index contributed by atoms with van der Waals surface area (Å²) in [6, 6.07) is 32.2. The van der Waals surface area contributed by atoms with Crippen LogP contribution in [0, 0.1) is 69.2 Å². The third-order valence-corrected chi connectivity index (χ3v) is 18.3. The second kappa shape index (κ2) is 50.1. The van der Waals surface area contributed by atoms with Gasteiger partial charge in [-0.25, -0.2) is 0 Å². The van der Waals surface area contributed by atoms with Crippen molar-refractivity contribution in [2.24, 2.45) is 21.1 Å². The van der Waals surface area contributed by atoms with Crippen molar-refractivity contribution in [3.8, 4) is 5.69 Å². The van der Waals surface area contributed by atoms with Gasteiger partial charge in [0.1, 0.15) is 18.5 Å². The number of pyridine rings is 3. The Morgan fingerprint density at radius 2 is 0.785 bits per heavy atom. The predicted molar refractivity (Wildman–Crippen MR) is 472 cm³/mol. The molecule has 15 nitrogen and oxygen atoms in total. The molecular formula is C92H147N15+2. The van der Waals surface area contributed by atoms with E-state index in [4.69, 9.17) is 5.10 Å². The predicted octanol–water partition coefficient (Wildman–Crippen LogP) is 23.7. The third-order valence-electron chi connectivity index (χ3n) is 18.3. The van der Waals surface area contributed by atoms with E-state index in [-0.39, 0.29) is 0 Å². The van der Waals surface area contributed by atoms with E-state index in [0.29, 0.717) is 18.5 Å². The number of fused-ring (bicyclic) bond motifs is 9. The van der Waals surface area contributed by atoms with E-state index in [1.54, 1.807) is 0 Å². The van der Waals surface area contributed by atoms with Gasteiger partial charge in [-0.3, -0.25) is 9.97 Å². The summed E-state index contributed by atoms with van der Waals surface area (Å²) in [5, 5.41) is 15.6. The summed E-state index contributed by atoms with van der Waals surface area (Å²) in [5.74, 6) is 0. The van der Waals surface area contributed by atoms with E-state index in [9.17, 15) is 0 Å². The summed E-state index contributed by atoms with van der Waals surface area (Å²) in [6.45, 7) is 68.3. The maximum atomic E-state index is 4.73. The van der Waals surface area contributed by atoms with Crippen molar-refractivity contribution >= 4 is 66.1 Å². The molecule has 0 saturated heterocycles. The number of para-hydroxylation sites is 3. The number of hydrogen-bond acceptors (Lipinski definition) is 10. The molecule has 3 aliphatic heterocycles. The molecule has 6 aromatic heterocycles. The van der Waals surface area contributed by atoms with Gasteiger partial charge in [0.15, 0.2) is 17.4 Å². The molecule has 15 heteroatoms. The zero-order valence-corrected chi connectivity index (χ0v) is 74.5. The molecule has 0 spiro atoms. The number of aryl methyl sites for hydroxylation is 11. The van der Waals surface area contributed by atoms with Gasteiger partial charge >= 0.3 is 0 Å². The van der Waals surface area contributed by atoms with Crippen molar-refractivity contribution in [1.29, 1.82) is 0 Å². The number of benzene rings is 5. The highest BCUT2D eigenvalue weighted by Gasteiger charge is 2.28. The zero-order valence-electron chi connectivity index (χ0n) is 74.5. The number of anilines is 3. The molecular weight excluding hydrogens is 1320 g/mol. The van der Waals surface area contributed by atoms with Crippen LogP contribution < -0.4 is 23.9 Å². The fraction of sp³-hybridized carbons (Fsp3) is 0.457. The first-order chi connectivity index (χ1) is 51.6. The van der Waals surface area contributed by atoms with Crippen molar-refractivity contribution in [3.05, 3.63) is 221 Å². The van der Waals surface area contributed by atoms with Crippen molar-refractivity contribution in [2.75, 3.05) is 35.8 Å². The van der Waals surface area contributed by atoms with Crippen molar-refractivity contribution < 1.29 is 9.20 Å². The minimum absolute atomic E-state index is 0.373. The zero-order chi connectivity index (χ0) is 82.3. The fourth-order valence-electron chi connectivity index (χ4n) is 12.4. The van der Waals surface area contributed by atoms with Gasteiger partial charge in [-0.2, -0.15) is 0 Å². The quantitative estimate of drug-likeness (QED) is 0.125. The van der Waals surface area contributed by atoms with E-state index >= 15 is 0 Å². The molecule has 9 heterocycles. The minimum Gasteiger partial charge on any atom is -0.359 e. The van der Waals surface area contributed by atoms with Crippen LogP contribution in [-0.4, -0.2) is 88.7 Å². The van der Waals surface area contributed by atoms with Gasteiger partial charge in [0.05, 0.1) is 26.0 Å². The second-order valence-electron chi connectivity index (χ2n) is 23.7. The molecule has 0 N–H and O–H groups in total. The first-order valence-corrected chi connectivity index (χ1v) is 40.1. The second-order valence-corrected chi connectivity index (χ2v) is 23.7. The summed E-state index contributed by atoms with van der Waals surface area (Å²) in [4.78, 5) is 25.4. The molecule has 0 saturated carbocycles. The van der Waals surface area contributed by atoms with E-state index in [0.717, 1.165) is 5.69 Å². The van der Waals surface area contributed by atoms with Crippen molar-refractivity contribution in [3.63, 3.8) is 0 Å². The molecule has 0 amide bonds. The monoisotopic (exact) mass is 1460 g/mol. The Hall–Kier alpha value is -9.50. The average Bonchev–Trinajstić information content (AvgIpc) is 1.69. The summed E-state index contributed by atoms with van der Waals surface area (Å²) < 4.78 is 6.61. The van der Waals surface area contributed by atoms with Gasteiger partial charge in [-0.05, 0) is 180 Å². The lowest BCUT2D eigenvalue weighted by Crippen LogP contribution is -2.39. The molecule has 11 aromatic rings. The summed E-state index contributed by atoms with van der Waals surface area (Å²) in [5.41, 5.74) is 22.8. The van der Waals surface area contributed by atoms with Gasteiger partial charge in [0.2, 0.25) is 17.4 Å². The van der Waals surface area contributed by atoms with Crippen LogP contribution in [0.15, 0.2) is 165 Å². The van der Waals surface area contributed by atoms with Gasteiger partial charge in [-0.15, -0.1) is 9.20 Å². The van der Waals surface area contributed by atoms with Crippen LogP contribution in [0.3, 0.4) is 0 Å². The summed E-state index contributed by atoms with van der Waals surface area (Å²) in [7, 11) is 12.4. The van der Waals surface area contributed by atoms with Gasteiger partial charge in [0.25, 0.3) is 0 Å². The molecule has 0 fully saturated rings. The Morgan fingerprint density at radius 1 is 0.346 bits per heavy atom. The lowest BCUT2D eigenvalue weighted by molar-refractivity contribution is -0.688. The van der Waals surface area contributed by atoms with Crippen LogP contribution in [0.1, 0.15) is 215 Å². The highest BCUT2D eigenvalue weighted by molar-refractivity contribution is 6.14. The van der Waals surface area contributed by atoms with Crippen LogP contribution in [0.5, 0.6) is 0 Å². The maximum absolute atomic E-state index is 4.73. The molecule has 0 bridgehead atoms. The molecule has 5 aromatic carbocycles. The molecule has 3 atom stereocenters. The third kappa shape index (κ3) is 23.0. The van der Waals surface area contributed by atoms with E-state index in [1.807, 2.05) is 205 Å². The lowest BCUT2D eigenvalue weighted by atomic mass is 9.89. The standard InChI is InChI=1S/C21H24N3.C17H17N4.C12H16N2.2C11H15N3.10C2H6/c1-11-9-8-10-17-18-14(4)12(2)13(3)15(5)19(18)21-16(6)22-23(7)24(21)20(11)17;1-12-10-17-14(11-16(12)21-9-8-18-20(21)3)13-6-4-5-7-15(13)19(17)2;1-10-6-4-5-7-12(10)14-9-8-13(3)11(14)2;1-9-8-12-5-4-11(9)14-7-6-13(3)10(14)2;1-9-4-5-12-8-11(9)14-7-6-13(3)10(14)2;10*1-2/h8-10H,1-7H3;4-11H,1-3H3;4-9,11H,1-3H3;2*4-8,10H,1-3H3;10*1-2H3/q2*+1;;;;;;;;;;;;;. The number of aromatic nitrogens is 9. The average molecular weight is 1460 g/mol.